The minimum Gasteiger partial charge on any atom is -0.370 e. The van der Waals surface area contributed by atoms with Gasteiger partial charge in [-0.1, -0.05) is 12.1 Å². The van der Waals surface area contributed by atoms with Gasteiger partial charge in [0.1, 0.15) is 11.4 Å². The first-order valence-corrected chi connectivity index (χ1v) is 8.42. The Labute approximate surface area is 147 Å². The molecule has 1 saturated heterocycles. The maximum Gasteiger partial charge on any atom is 0.246 e. The van der Waals surface area contributed by atoms with Crippen molar-refractivity contribution in [1.82, 2.24) is 15.2 Å². The summed E-state index contributed by atoms with van der Waals surface area (Å²) >= 11 is 0. The van der Waals surface area contributed by atoms with Crippen molar-refractivity contribution in [3.8, 4) is 0 Å². The molecule has 0 saturated carbocycles. The number of halogens is 1. The monoisotopic (exact) mass is 342 g/mol. The lowest BCUT2D eigenvalue weighted by molar-refractivity contribution is -0.124. The minimum absolute atomic E-state index is 0.0866. The fourth-order valence-electron chi connectivity index (χ4n) is 3.37. The van der Waals surface area contributed by atoms with Gasteiger partial charge in [0, 0.05) is 38.1 Å². The summed E-state index contributed by atoms with van der Waals surface area (Å²) in [6.45, 7) is 3.96. The van der Waals surface area contributed by atoms with Crippen LogP contribution in [0, 0.1) is 12.7 Å². The molecule has 25 heavy (non-hydrogen) atoms. The van der Waals surface area contributed by atoms with Gasteiger partial charge >= 0.3 is 0 Å². The van der Waals surface area contributed by atoms with Gasteiger partial charge in [-0.15, -0.1) is 0 Å². The number of hydrogen-bond donors (Lipinski definition) is 2. The first-order chi connectivity index (χ1) is 12.0. The molecule has 1 unspecified atom stereocenters. The molecule has 1 aromatic heterocycles. The molecule has 132 valence electrons. The largest absolute Gasteiger partial charge is 0.370 e. The Morgan fingerprint density at radius 1 is 1.32 bits per heavy atom. The number of likely N-dealkylation sites (tertiary alicyclic amines) is 1. The summed E-state index contributed by atoms with van der Waals surface area (Å²) in [5.41, 5.74) is 1.80. The predicted octanol–water partition coefficient (Wildman–Crippen LogP) is 2.33. The van der Waals surface area contributed by atoms with Crippen molar-refractivity contribution in [2.24, 2.45) is 0 Å². The number of rotatable bonds is 5. The highest BCUT2D eigenvalue weighted by molar-refractivity contribution is 5.90. The number of anilines is 1. The zero-order valence-electron chi connectivity index (χ0n) is 14.6. The zero-order chi connectivity index (χ0) is 17.9. The van der Waals surface area contributed by atoms with Gasteiger partial charge in [-0.3, -0.25) is 14.7 Å². The first kappa shape index (κ1) is 17.4. The molecule has 2 aromatic rings. The van der Waals surface area contributed by atoms with E-state index in [0.717, 1.165) is 17.9 Å². The van der Waals surface area contributed by atoms with Crippen LogP contribution >= 0.6 is 0 Å². The van der Waals surface area contributed by atoms with E-state index in [2.05, 4.69) is 20.5 Å². The van der Waals surface area contributed by atoms with Gasteiger partial charge in [0.25, 0.3) is 0 Å². The highest BCUT2D eigenvalue weighted by Gasteiger charge is 2.44. The standard InChI is InChI=1S/C19H23FN4O/c1-14-5-3-8-17(22-14)12-24-10-9-19(13-24,18(25)21-2)23-16-7-4-6-15(20)11-16/h3-8,11,23H,9-10,12-13H2,1-2H3,(H,21,25). The molecule has 2 heterocycles. The molecule has 0 bridgehead atoms. The minimum atomic E-state index is -0.771. The van der Waals surface area contributed by atoms with E-state index in [9.17, 15) is 9.18 Å². The second-order valence-electron chi connectivity index (χ2n) is 6.53. The molecule has 3 rings (SSSR count). The van der Waals surface area contributed by atoms with Crippen LogP contribution in [0.25, 0.3) is 0 Å². The average Bonchev–Trinajstić information content (AvgIpc) is 2.98. The van der Waals surface area contributed by atoms with Gasteiger partial charge in [-0.2, -0.15) is 0 Å². The third kappa shape index (κ3) is 3.96. The van der Waals surface area contributed by atoms with Gasteiger partial charge in [-0.05, 0) is 43.7 Å². The SMILES string of the molecule is CNC(=O)C1(Nc2cccc(F)c2)CCN(Cc2cccc(C)n2)C1. The van der Waals surface area contributed by atoms with E-state index >= 15 is 0 Å². The predicted molar refractivity (Wildman–Crippen MR) is 95.7 cm³/mol. The molecule has 0 aliphatic carbocycles. The molecular formula is C19H23FN4O. The lowest BCUT2D eigenvalue weighted by Gasteiger charge is -2.30. The summed E-state index contributed by atoms with van der Waals surface area (Å²) in [4.78, 5) is 19.3. The fraction of sp³-hybridized carbons (Fsp3) is 0.368. The van der Waals surface area contributed by atoms with Crippen LogP contribution in [0.4, 0.5) is 10.1 Å². The Hall–Kier alpha value is -2.47. The lowest BCUT2D eigenvalue weighted by Crippen LogP contribution is -2.53. The van der Waals surface area contributed by atoms with Crippen LogP contribution in [0.2, 0.25) is 0 Å². The lowest BCUT2D eigenvalue weighted by atomic mass is 9.96. The van der Waals surface area contributed by atoms with Crippen molar-refractivity contribution in [2.45, 2.75) is 25.4 Å². The van der Waals surface area contributed by atoms with E-state index in [1.54, 1.807) is 19.2 Å². The summed E-state index contributed by atoms with van der Waals surface area (Å²) in [6.07, 6.45) is 0.648. The van der Waals surface area contributed by atoms with E-state index in [1.165, 1.54) is 12.1 Å². The van der Waals surface area contributed by atoms with Gasteiger partial charge in [-0.25, -0.2) is 4.39 Å². The molecule has 1 aliphatic heterocycles. The van der Waals surface area contributed by atoms with Crippen LogP contribution in [-0.2, 0) is 11.3 Å². The van der Waals surface area contributed by atoms with Gasteiger partial charge in [0.15, 0.2) is 0 Å². The highest BCUT2D eigenvalue weighted by Crippen LogP contribution is 2.28. The van der Waals surface area contributed by atoms with Crippen LogP contribution in [0.1, 0.15) is 17.8 Å². The third-order valence-electron chi connectivity index (χ3n) is 4.55. The number of hydrogen-bond acceptors (Lipinski definition) is 4. The zero-order valence-corrected chi connectivity index (χ0v) is 14.6. The first-order valence-electron chi connectivity index (χ1n) is 8.42. The maximum absolute atomic E-state index is 13.5. The summed E-state index contributed by atoms with van der Waals surface area (Å²) in [5, 5.41) is 6.00. The summed E-state index contributed by atoms with van der Waals surface area (Å²) in [7, 11) is 1.63. The van der Waals surface area contributed by atoms with E-state index in [1.807, 2.05) is 25.1 Å². The molecular weight excluding hydrogens is 319 g/mol. The third-order valence-corrected chi connectivity index (χ3v) is 4.55. The molecule has 6 heteroatoms. The molecule has 1 aromatic carbocycles. The normalized spacial score (nSPS) is 20.4. The van der Waals surface area contributed by atoms with Crippen molar-refractivity contribution in [3.63, 3.8) is 0 Å². The number of aromatic nitrogens is 1. The van der Waals surface area contributed by atoms with Crippen LogP contribution < -0.4 is 10.6 Å². The van der Waals surface area contributed by atoms with Gasteiger partial charge in [0.2, 0.25) is 5.91 Å². The van der Waals surface area contributed by atoms with E-state index < -0.39 is 5.54 Å². The maximum atomic E-state index is 13.5. The van der Waals surface area contributed by atoms with E-state index in [-0.39, 0.29) is 11.7 Å². The van der Waals surface area contributed by atoms with Crippen LogP contribution in [0.15, 0.2) is 42.5 Å². The van der Waals surface area contributed by atoms with Gasteiger partial charge < -0.3 is 10.6 Å². The molecule has 1 amide bonds. The smallest absolute Gasteiger partial charge is 0.246 e. The Kier molecular flexibility index (Phi) is 4.99. The quantitative estimate of drug-likeness (QED) is 0.876. The highest BCUT2D eigenvalue weighted by atomic mass is 19.1. The molecule has 2 N–H and O–H groups in total. The summed E-state index contributed by atoms with van der Waals surface area (Å²) in [6, 6.07) is 12.2. The van der Waals surface area contributed by atoms with Crippen molar-refractivity contribution in [3.05, 3.63) is 59.7 Å². The molecule has 0 spiro atoms. The molecule has 5 nitrogen and oxygen atoms in total. The summed E-state index contributed by atoms with van der Waals surface area (Å²) in [5.74, 6) is -0.410. The van der Waals surface area contributed by atoms with Crippen molar-refractivity contribution < 1.29 is 9.18 Å². The Morgan fingerprint density at radius 2 is 2.12 bits per heavy atom. The average molecular weight is 342 g/mol. The second-order valence-corrected chi connectivity index (χ2v) is 6.53. The molecule has 0 radical (unpaired) electrons. The number of pyridine rings is 1. The number of amides is 1. The number of carbonyl (C=O) groups excluding carboxylic acids is 1. The molecule has 1 atom stereocenters. The molecule has 1 fully saturated rings. The van der Waals surface area contributed by atoms with Gasteiger partial charge in [0.05, 0.1) is 5.69 Å². The number of likely N-dealkylation sites (N-methyl/N-ethyl adjacent to an activating group) is 1. The number of carbonyl (C=O) groups is 1. The Balaban J connectivity index is 1.77. The van der Waals surface area contributed by atoms with Crippen LogP contribution in [0.5, 0.6) is 0 Å². The van der Waals surface area contributed by atoms with Crippen molar-refractivity contribution in [1.29, 1.82) is 0 Å². The van der Waals surface area contributed by atoms with Crippen LogP contribution in [0.3, 0.4) is 0 Å². The second kappa shape index (κ2) is 7.19. The number of nitrogens with one attached hydrogen (secondary N) is 2. The number of aryl methyl sites for hydroxylation is 1. The summed E-state index contributed by atoms with van der Waals surface area (Å²) < 4.78 is 13.5. The van der Waals surface area contributed by atoms with E-state index in [4.69, 9.17) is 0 Å². The van der Waals surface area contributed by atoms with Crippen molar-refractivity contribution >= 4 is 11.6 Å². The number of benzene rings is 1. The Morgan fingerprint density at radius 3 is 2.84 bits per heavy atom. The fourth-order valence-corrected chi connectivity index (χ4v) is 3.37. The molecule has 1 aliphatic rings. The van der Waals surface area contributed by atoms with Crippen molar-refractivity contribution in [2.75, 3.05) is 25.5 Å². The Bertz CT molecular complexity index is 767. The van der Waals surface area contributed by atoms with Crippen LogP contribution in [-0.4, -0.2) is 41.5 Å². The van der Waals surface area contributed by atoms with E-state index in [0.29, 0.717) is 25.2 Å². The number of nitrogens with zero attached hydrogens (tertiary/aromatic N) is 2. The topological polar surface area (TPSA) is 57.3 Å².